The predicted molar refractivity (Wildman–Crippen MR) is 61.9 cm³/mol. The second kappa shape index (κ2) is 3.77. The fourth-order valence-corrected chi connectivity index (χ4v) is 1.52. The van der Waals surface area contributed by atoms with Gasteiger partial charge >= 0.3 is 0 Å². The van der Waals surface area contributed by atoms with E-state index in [0.717, 1.165) is 0 Å². The number of benzene rings is 1. The van der Waals surface area contributed by atoms with Crippen LogP contribution < -0.4 is 11.1 Å². The number of halogens is 2. The predicted octanol–water partition coefficient (Wildman–Crippen LogP) is 3.38. The van der Waals surface area contributed by atoms with Crippen LogP contribution in [-0.4, -0.2) is 5.54 Å². The SMILES string of the molecule is CC(C)(C)Nc1cc(Br)cc(F)c1N. The summed E-state index contributed by atoms with van der Waals surface area (Å²) in [4.78, 5) is 0. The molecule has 0 radical (unpaired) electrons. The molecule has 4 heteroatoms. The minimum absolute atomic E-state index is 0.138. The summed E-state index contributed by atoms with van der Waals surface area (Å²) < 4.78 is 13.9. The van der Waals surface area contributed by atoms with Gasteiger partial charge in [-0.25, -0.2) is 4.39 Å². The van der Waals surface area contributed by atoms with E-state index in [4.69, 9.17) is 5.73 Å². The summed E-state index contributed by atoms with van der Waals surface area (Å²) in [6.45, 7) is 5.97. The minimum Gasteiger partial charge on any atom is -0.395 e. The number of nitrogen functional groups attached to an aromatic ring is 1. The molecule has 0 heterocycles. The molecule has 0 aliphatic rings. The maximum atomic E-state index is 13.2. The molecule has 0 bridgehead atoms. The summed E-state index contributed by atoms with van der Waals surface area (Å²) in [6.07, 6.45) is 0. The highest BCUT2D eigenvalue weighted by Gasteiger charge is 2.13. The van der Waals surface area contributed by atoms with Gasteiger partial charge in [-0.1, -0.05) is 15.9 Å². The molecule has 78 valence electrons. The number of hydrogen-bond donors (Lipinski definition) is 2. The molecule has 0 saturated carbocycles. The van der Waals surface area contributed by atoms with Crippen molar-refractivity contribution in [1.29, 1.82) is 0 Å². The molecular weight excluding hydrogens is 247 g/mol. The van der Waals surface area contributed by atoms with Crippen molar-refractivity contribution in [1.82, 2.24) is 0 Å². The Labute approximate surface area is 91.8 Å². The summed E-state index contributed by atoms with van der Waals surface area (Å²) in [7, 11) is 0. The third-order valence-corrected chi connectivity index (χ3v) is 2.06. The zero-order valence-electron chi connectivity index (χ0n) is 8.49. The van der Waals surface area contributed by atoms with Gasteiger partial charge in [0.2, 0.25) is 0 Å². The molecule has 3 N–H and O–H groups in total. The Balaban J connectivity index is 3.09. The lowest BCUT2D eigenvalue weighted by Gasteiger charge is -2.23. The Morgan fingerprint density at radius 2 is 1.93 bits per heavy atom. The first kappa shape index (κ1) is 11.3. The number of hydrogen-bond acceptors (Lipinski definition) is 2. The third kappa shape index (κ3) is 2.87. The Kier molecular flexibility index (Phi) is 3.04. The fraction of sp³-hybridized carbons (Fsp3) is 0.400. The van der Waals surface area contributed by atoms with Crippen LogP contribution in [0.1, 0.15) is 20.8 Å². The summed E-state index contributed by atoms with van der Waals surface area (Å²) in [6, 6.07) is 3.12. The van der Waals surface area contributed by atoms with Crippen LogP contribution in [0.25, 0.3) is 0 Å². The molecule has 0 aliphatic carbocycles. The molecule has 0 fully saturated rings. The molecule has 0 saturated heterocycles. The summed E-state index contributed by atoms with van der Waals surface area (Å²) >= 11 is 3.22. The molecule has 0 amide bonds. The quantitative estimate of drug-likeness (QED) is 0.760. The smallest absolute Gasteiger partial charge is 0.149 e. The Morgan fingerprint density at radius 1 is 1.36 bits per heavy atom. The summed E-state index contributed by atoms with van der Waals surface area (Å²) in [5, 5.41) is 3.14. The lowest BCUT2D eigenvalue weighted by atomic mass is 10.1. The molecule has 1 aromatic carbocycles. The van der Waals surface area contributed by atoms with Crippen LogP contribution in [0.2, 0.25) is 0 Å². The summed E-state index contributed by atoms with van der Waals surface area (Å²) in [5.74, 6) is -0.411. The van der Waals surface area contributed by atoms with Gasteiger partial charge in [-0.3, -0.25) is 0 Å². The van der Waals surface area contributed by atoms with E-state index in [9.17, 15) is 4.39 Å². The van der Waals surface area contributed by atoms with Crippen LogP contribution in [0.15, 0.2) is 16.6 Å². The van der Waals surface area contributed by atoms with Crippen LogP contribution in [0.5, 0.6) is 0 Å². The van der Waals surface area contributed by atoms with E-state index < -0.39 is 5.82 Å². The first-order chi connectivity index (χ1) is 6.29. The van der Waals surface area contributed by atoms with Crippen molar-refractivity contribution in [2.45, 2.75) is 26.3 Å². The van der Waals surface area contributed by atoms with Crippen molar-refractivity contribution in [3.05, 3.63) is 22.4 Å². The zero-order valence-corrected chi connectivity index (χ0v) is 10.1. The normalized spacial score (nSPS) is 11.5. The number of rotatable bonds is 1. The van der Waals surface area contributed by atoms with Crippen LogP contribution >= 0.6 is 15.9 Å². The van der Waals surface area contributed by atoms with E-state index >= 15 is 0 Å². The van der Waals surface area contributed by atoms with Gasteiger partial charge < -0.3 is 11.1 Å². The Morgan fingerprint density at radius 3 is 2.43 bits per heavy atom. The molecule has 1 aromatic rings. The van der Waals surface area contributed by atoms with Gasteiger partial charge in [-0.05, 0) is 32.9 Å². The first-order valence-corrected chi connectivity index (χ1v) is 5.11. The summed E-state index contributed by atoms with van der Waals surface area (Å²) in [5.41, 5.74) is 6.23. The number of anilines is 2. The monoisotopic (exact) mass is 260 g/mol. The average molecular weight is 261 g/mol. The fourth-order valence-electron chi connectivity index (χ4n) is 1.09. The standard InChI is InChI=1S/C10H14BrFN2/c1-10(2,3)14-8-5-6(11)4-7(12)9(8)13/h4-5,14H,13H2,1-3H3. The van der Waals surface area contributed by atoms with Crippen molar-refractivity contribution >= 4 is 27.3 Å². The highest BCUT2D eigenvalue weighted by molar-refractivity contribution is 9.10. The van der Waals surface area contributed by atoms with Gasteiger partial charge in [0, 0.05) is 10.0 Å². The zero-order chi connectivity index (χ0) is 10.9. The first-order valence-electron chi connectivity index (χ1n) is 4.32. The van der Waals surface area contributed by atoms with E-state index in [-0.39, 0.29) is 11.2 Å². The number of nitrogens with one attached hydrogen (secondary N) is 1. The van der Waals surface area contributed by atoms with Crippen molar-refractivity contribution in [2.24, 2.45) is 0 Å². The lowest BCUT2D eigenvalue weighted by Crippen LogP contribution is -2.26. The van der Waals surface area contributed by atoms with Gasteiger partial charge in [-0.15, -0.1) is 0 Å². The largest absolute Gasteiger partial charge is 0.395 e. The van der Waals surface area contributed by atoms with Crippen LogP contribution in [0.3, 0.4) is 0 Å². The number of nitrogens with two attached hydrogens (primary N) is 1. The van der Waals surface area contributed by atoms with Crippen molar-refractivity contribution in [3.63, 3.8) is 0 Å². The Hall–Kier alpha value is -0.770. The van der Waals surface area contributed by atoms with Gasteiger partial charge in [0.15, 0.2) is 0 Å². The third-order valence-electron chi connectivity index (χ3n) is 1.60. The molecule has 0 spiro atoms. The second-order valence-electron chi connectivity index (χ2n) is 4.22. The van der Waals surface area contributed by atoms with E-state index in [1.54, 1.807) is 6.07 Å². The van der Waals surface area contributed by atoms with Crippen molar-refractivity contribution < 1.29 is 4.39 Å². The van der Waals surface area contributed by atoms with Gasteiger partial charge in [0.1, 0.15) is 5.82 Å². The van der Waals surface area contributed by atoms with Crippen molar-refractivity contribution in [2.75, 3.05) is 11.1 Å². The molecule has 1 rings (SSSR count). The van der Waals surface area contributed by atoms with Crippen molar-refractivity contribution in [3.8, 4) is 0 Å². The second-order valence-corrected chi connectivity index (χ2v) is 5.14. The molecule has 0 aromatic heterocycles. The Bertz CT molecular complexity index is 345. The maximum Gasteiger partial charge on any atom is 0.149 e. The lowest BCUT2D eigenvalue weighted by molar-refractivity contribution is 0.622. The van der Waals surface area contributed by atoms with E-state index in [1.807, 2.05) is 20.8 Å². The van der Waals surface area contributed by atoms with Crippen LogP contribution in [0, 0.1) is 5.82 Å². The van der Waals surface area contributed by atoms with Gasteiger partial charge in [0.05, 0.1) is 11.4 Å². The van der Waals surface area contributed by atoms with Crippen LogP contribution in [0.4, 0.5) is 15.8 Å². The molecule has 14 heavy (non-hydrogen) atoms. The minimum atomic E-state index is -0.411. The molecular formula is C10H14BrFN2. The topological polar surface area (TPSA) is 38.0 Å². The van der Waals surface area contributed by atoms with E-state index in [1.165, 1.54) is 6.07 Å². The molecule has 0 aliphatic heterocycles. The highest BCUT2D eigenvalue weighted by atomic mass is 79.9. The van der Waals surface area contributed by atoms with E-state index in [0.29, 0.717) is 10.2 Å². The van der Waals surface area contributed by atoms with Gasteiger partial charge in [0.25, 0.3) is 0 Å². The van der Waals surface area contributed by atoms with Crippen LogP contribution in [-0.2, 0) is 0 Å². The maximum absolute atomic E-state index is 13.2. The van der Waals surface area contributed by atoms with Gasteiger partial charge in [-0.2, -0.15) is 0 Å². The average Bonchev–Trinajstić information content (AvgIpc) is 1.96. The molecule has 0 unspecified atom stereocenters. The molecule has 2 nitrogen and oxygen atoms in total. The molecule has 0 atom stereocenters. The van der Waals surface area contributed by atoms with E-state index in [2.05, 4.69) is 21.2 Å². The highest BCUT2D eigenvalue weighted by Crippen LogP contribution is 2.28.